The van der Waals surface area contributed by atoms with E-state index in [2.05, 4.69) is 23.1 Å². The number of phenols is 1. The molecule has 2 aliphatic heterocycles. The van der Waals surface area contributed by atoms with Gasteiger partial charge in [0.25, 0.3) is 11.8 Å². The van der Waals surface area contributed by atoms with E-state index in [-0.39, 0.29) is 23.6 Å². The van der Waals surface area contributed by atoms with Crippen LogP contribution in [0.4, 0.5) is 15.8 Å². The van der Waals surface area contributed by atoms with Crippen molar-refractivity contribution in [1.29, 1.82) is 5.26 Å². The van der Waals surface area contributed by atoms with Crippen LogP contribution in [0.3, 0.4) is 0 Å². The lowest BCUT2D eigenvalue weighted by Crippen LogP contribution is -2.52. The van der Waals surface area contributed by atoms with E-state index in [4.69, 9.17) is 4.74 Å². The van der Waals surface area contributed by atoms with E-state index in [0.717, 1.165) is 18.7 Å². The minimum absolute atomic E-state index is 0.0458. The summed E-state index contributed by atoms with van der Waals surface area (Å²) in [7, 11) is 3.56. The molecule has 0 spiro atoms. The predicted octanol–water partition coefficient (Wildman–Crippen LogP) is 6.24. The Hall–Kier alpha value is -5.70. The van der Waals surface area contributed by atoms with Gasteiger partial charge in [-0.2, -0.15) is 5.26 Å². The van der Waals surface area contributed by atoms with Crippen LogP contribution in [0.2, 0.25) is 0 Å². The molecule has 2 aromatic heterocycles. The number of nitriles is 1. The zero-order valence-corrected chi connectivity index (χ0v) is 29.8. The summed E-state index contributed by atoms with van der Waals surface area (Å²) >= 11 is 0. The topological polar surface area (TPSA) is 107 Å². The summed E-state index contributed by atoms with van der Waals surface area (Å²) in [5, 5.41) is 19.8. The average molecular weight is 701 g/mol. The minimum atomic E-state index is -0.498. The number of morpholine rings is 1. The molecule has 2 aliphatic rings. The Kier molecular flexibility index (Phi) is 9.44. The zero-order valence-electron chi connectivity index (χ0n) is 29.8. The van der Waals surface area contributed by atoms with Crippen LogP contribution in [-0.4, -0.2) is 74.7 Å². The van der Waals surface area contributed by atoms with E-state index < -0.39 is 5.82 Å². The van der Waals surface area contributed by atoms with E-state index in [1.807, 2.05) is 35.4 Å². The lowest BCUT2D eigenvalue weighted by atomic mass is 9.92. The molecule has 52 heavy (non-hydrogen) atoms. The summed E-state index contributed by atoms with van der Waals surface area (Å²) in [4.78, 5) is 35.2. The van der Waals surface area contributed by atoms with Crippen LogP contribution in [0.15, 0.2) is 78.9 Å². The molecule has 266 valence electrons. The monoisotopic (exact) mass is 700 g/mol. The quantitative estimate of drug-likeness (QED) is 0.216. The molecular formula is C41H41FN6O4. The second kappa shape index (κ2) is 14.1. The standard InChI is InChI=1S/C41H41FN6O4/c1-26-36(41(51)48(31-10-12-34(49)13-11-31)38-21-32(23-43)44(3)27(38)2)22-39(45(26)4)37-20-30(42)9-14-35(37)40(50)47-24-29-8-6-5-7-28(29)19-33(47)25-46-15-17-52-18-16-46/h5-14,20-22,33,49H,15-19,24-25H2,1-4H3/t33-/m0/s1. The molecule has 5 aromatic rings. The van der Waals surface area contributed by atoms with E-state index in [1.54, 1.807) is 49.0 Å². The van der Waals surface area contributed by atoms with Crippen molar-refractivity contribution in [2.45, 2.75) is 32.9 Å². The van der Waals surface area contributed by atoms with Gasteiger partial charge in [-0.25, -0.2) is 4.39 Å². The molecule has 10 nitrogen and oxygen atoms in total. The SMILES string of the molecule is Cc1c(N(C(=O)c2cc(-c3cc(F)ccc3C(=O)N3Cc4ccccc4C[C@H]3CN3CCOCC3)n(C)c2C)c2ccc(O)cc2)cc(C#N)n1C. The number of hydrogen-bond acceptors (Lipinski definition) is 6. The van der Waals surface area contributed by atoms with Crippen molar-refractivity contribution in [2.24, 2.45) is 14.1 Å². The Morgan fingerprint density at radius 1 is 0.923 bits per heavy atom. The Balaban J connectivity index is 1.29. The third-order valence-corrected chi connectivity index (χ3v) is 10.6. The number of benzene rings is 3. The zero-order chi connectivity index (χ0) is 36.7. The van der Waals surface area contributed by atoms with Gasteiger partial charge in [-0.1, -0.05) is 24.3 Å². The van der Waals surface area contributed by atoms with Gasteiger partial charge < -0.3 is 23.9 Å². The fraction of sp³-hybridized carbons (Fsp3) is 0.293. The highest BCUT2D eigenvalue weighted by atomic mass is 19.1. The van der Waals surface area contributed by atoms with Crippen LogP contribution >= 0.6 is 0 Å². The van der Waals surface area contributed by atoms with Crippen LogP contribution in [0.25, 0.3) is 11.3 Å². The maximum absolute atomic E-state index is 15.2. The predicted molar refractivity (Wildman–Crippen MR) is 196 cm³/mol. The van der Waals surface area contributed by atoms with Crippen molar-refractivity contribution >= 4 is 23.2 Å². The third-order valence-electron chi connectivity index (χ3n) is 10.6. The van der Waals surface area contributed by atoms with E-state index in [0.29, 0.717) is 83.6 Å². The third kappa shape index (κ3) is 6.36. The fourth-order valence-corrected chi connectivity index (χ4v) is 7.42. The molecule has 0 radical (unpaired) electrons. The van der Waals surface area contributed by atoms with Gasteiger partial charge in [0.2, 0.25) is 0 Å². The normalized spacial score (nSPS) is 16.0. The number of fused-ring (bicyclic) bond motifs is 1. The highest BCUT2D eigenvalue weighted by Crippen LogP contribution is 2.37. The molecule has 0 bridgehead atoms. The number of ether oxygens (including phenoxy) is 1. The number of aromatic hydroxyl groups is 1. The number of hydrogen-bond donors (Lipinski definition) is 1. The molecule has 7 rings (SSSR count). The first-order valence-corrected chi connectivity index (χ1v) is 17.4. The fourth-order valence-electron chi connectivity index (χ4n) is 7.42. The Morgan fingerprint density at radius 2 is 1.63 bits per heavy atom. The number of carbonyl (C=O) groups is 2. The van der Waals surface area contributed by atoms with Gasteiger partial charge in [0, 0.05) is 80.2 Å². The highest BCUT2D eigenvalue weighted by Gasteiger charge is 2.34. The van der Waals surface area contributed by atoms with Crippen LogP contribution < -0.4 is 4.90 Å². The number of rotatable bonds is 7. The molecule has 1 fully saturated rings. The molecule has 0 aliphatic carbocycles. The molecule has 2 amide bonds. The summed E-state index contributed by atoms with van der Waals surface area (Å²) in [5.41, 5.74) is 6.58. The number of nitrogens with zero attached hydrogens (tertiary/aromatic N) is 6. The number of phenolic OH excluding ortho intramolecular Hbond substituents is 1. The first-order valence-electron chi connectivity index (χ1n) is 17.4. The Morgan fingerprint density at radius 3 is 2.33 bits per heavy atom. The van der Waals surface area contributed by atoms with Crippen molar-refractivity contribution in [3.63, 3.8) is 0 Å². The molecule has 1 saturated heterocycles. The number of aromatic nitrogens is 2. The van der Waals surface area contributed by atoms with Gasteiger partial charge >= 0.3 is 0 Å². The molecule has 1 atom stereocenters. The minimum Gasteiger partial charge on any atom is -0.508 e. The summed E-state index contributed by atoms with van der Waals surface area (Å²) in [5.74, 6) is -1.04. The summed E-state index contributed by atoms with van der Waals surface area (Å²) in [6.45, 7) is 7.66. The van der Waals surface area contributed by atoms with Gasteiger partial charge in [-0.15, -0.1) is 0 Å². The van der Waals surface area contributed by atoms with E-state index >= 15 is 4.39 Å². The Bertz CT molecular complexity index is 2210. The largest absolute Gasteiger partial charge is 0.508 e. The van der Waals surface area contributed by atoms with E-state index in [9.17, 15) is 20.0 Å². The number of anilines is 2. The van der Waals surface area contributed by atoms with Gasteiger partial charge in [-0.05, 0) is 86.0 Å². The first kappa shape index (κ1) is 34.7. The molecule has 3 aromatic carbocycles. The maximum Gasteiger partial charge on any atom is 0.264 e. The van der Waals surface area contributed by atoms with Gasteiger partial charge in [-0.3, -0.25) is 19.4 Å². The highest BCUT2D eigenvalue weighted by molar-refractivity contribution is 6.13. The van der Waals surface area contributed by atoms with Crippen molar-refractivity contribution in [2.75, 3.05) is 37.7 Å². The average Bonchev–Trinajstić information content (AvgIpc) is 3.61. The van der Waals surface area contributed by atoms with Gasteiger partial charge in [0.05, 0.1) is 24.5 Å². The number of halogens is 1. The summed E-state index contributed by atoms with van der Waals surface area (Å²) < 4.78 is 24.3. The molecule has 0 unspecified atom stereocenters. The van der Waals surface area contributed by atoms with Crippen molar-refractivity contribution in [3.05, 3.63) is 124 Å². The van der Waals surface area contributed by atoms with Crippen LogP contribution in [0.5, 0.6) is 5.75 Å². The molecular weight excluding hydrogens is 659 g/mol. The lowest BCUT2D eigenvalue weighted by Gasteiger charge is -2.40. The first-order chi connectivity index (χ1) is 25.0. The summed E-state index contributed by atoms with van der Waals surface area (Å²) in [6.07, 6.45) is 0.706. The molecule has 4 heterocycles. The molecule has 0 saturated carbocycles. The van der Waals surface area contributed by atoms with Crippen LogP contribution in [0, 0.1) is 31.0 Å². The van der Waals surface area contributed by atoms with Crippen LogP contribution in [0.1, 0.15) is 48.9 Å². The van der Waals surface area contributed by atoms with Gasteiger partial charge in [0.1, 0.15) is 23.3 Å². The van der Waals surface area contributed by atoms with Crippen molar-refractivity contribution in [1.82, 2.24) is 18.9 Å². The van der Waals surface area contributed by atoms with Crippen molar-refractivity contribution in [3.8, 4) is 23.1 Å². The number of carbonyl (C=O) groups excluding carboxylic acids is 2. The van der Waals surface area contributed by atoms with Crippen LogP contribution in [-0.2, 0) is 31.8 Å². The Labute approximate surface area is 302 Å². The second-order valence-electron chi connectivity index (χ2n) is 13.6. The number of amides is 2. The van der Waals surface area contributed by atoms with Gasteiger partial charge in [0.15, 0.2) is 0 Å². The summed E-state index contributed by atoms with van der Waals surface area (Å²) in [6, 6.07) is 24.1. The van der Waals surface area contributed by atoms with Crippen molar-refractivity contribution < 1.29 is 23.8 Å². The second-order valence-corrected chi connectivity index (χ2v) is 13.6. The smallest absolute Gasteiger partial charge is 0.264 e. The molecule has 11 heteroatoms. The molecule has 1 N–H and O–H groups in total. The lowest BCUT2D eigenvalue weighted by molar-refractivity contribution is 0.0193. The van der Waals surface area contributed by atoms with E-state index in [1.165, 1.54) is 34.7 Å². The maximum atomic E-state index is 15.2.